The summed E-state index contributed by atoms with van der Waals surface area (Å²) in [5, 5.41) is 8.54. The molecule has 0 bridgehead atoms. The number of aromatic nitrogens is 2. The van der Waals surface area contributed by atoms with Crippen molar-refractivity contribution in [1.82, 2.24) is 10.2 Å². The van der Waals surface area contributed by atoms with Crippen LogP contribution in [0, 0.1) is 19.7 Å². The standard InChI is InChI=1S/C17H14BrFN2OS/c1-10-5-11(2)7-13(6-10)16-20-21-17(22-16)23-9-12-3-4-14(18)8-15(12)19/h3-8H,9H2,1-2H3. The van der Waals surface area contributed by atoms with Crippen LogP contribution in [-0.2, 0) is 5.75 Å². The average Bonchev–Trinajstić information content (AvgIpc) is 2.94. The molecule has 0 spiro atoms. The van der Waals surface area contributed by atoms with Gasteiger partial charge in [-0.05, 0) is 43.7 Å². The maximum atomic E-state index is 13.8. The van der Waals surface area contributed by atoms with Crippen LogP contribution in [0.5, 0.6) is 0 Å². The second-order valence-corrected chi connectivity index (χ2v) is 7.12. The zero-order chi connectivity index (χ0) is 16.4. The van der Waals surface area contributed by atoms with Crippen molar-refractivity contribution in [2.24, 2.45) is 0 Å². The lowest BCUT2D eigenvalue weighted by atomic mass is 10.1. The van der Waals surface area contributed by atoms with Crippen LogP contribution in [0.1, 0.15) is 16.7 Å². The molecular formula is C17H14BrFN2OS. The highest BCUT2D eigenvalue weighted by molar-refractivity contribution is 9.10. The fourth-order valence-corrected chi connectivity index (χ4v) is 3.34. The van der Waals surface area contributed by atoms with E-state index in [4.69, 9.17) is 4.42 Å². The Kier molecular flexibility index (Phi) is 4.82. The largest absolute Gasteiger partial charge is 0.411 e. The quantitative estimate of drug-likeness (QED) is 0.545. The lowest BCUT2D eigenvalue weighted by molar-refractivity contribution is 0.465. The van der Waals surface area contributed by atoms with Crippen LogP contribution in [-0.4, -0.2) is 10.2 Å². The van der Waals surface area contributed by atoms with Crippen molar-refractivity contribution in [2.45, 2.75) is 24.8 Å². The van der Waals surface area contributed by atoms with Gasteiger partial charge < -0.3 is 4.42 Å². The molecule has 0 radical (unpaired) electrons. The molecule has 0 aliphatic rings. The second-order valence-electron chi connectivity index (χ2n) is 5.27. The first-order valence-electron chi connectivity index (χ1n) is 7.00. The van der Waals surface area contributed by atoms with Crippen LogP contribution < -0.4 is 0 Å². The van der Waals surface area contributed by atoms with E-state index >= 15 is 0 Å². The molecule has 0 N–H and O–H groups in total. The number of halogens is 2. The summed E-state index contributed by atoms with van der Waals surface area (Å²) in [5.74, 6) is 0.671. The van der Waals surface area contributed by atoms with Crippen LogP contribution >= 0.6 is 27.7 Å². The molecule has 0 saturated heterocycles. The van der Waals surface area contributed by atoms with Gasteiger partial charge in [0, 0.05) is 15.8 Å². The molecular weight excluding hydrogens is 379 g/mol. The SMILES string of the molecule is Cc1cc(C)cc(-c2nnc(SCc3ccc(Br)cc3F)o2)c1. The molecule has 0 unspecified atom stereocenters. The van der Waals surface area contributed by atoms with Gasteiger partial charge in [-0.3, -0.25) is 0 Å². The number of hydrogen-bond donors (Lipinski definition) is 0. The third-order valence-electron chi connectivity index (χ3n) is 3.24. The van der Waals surface area contributed by atoms with Gasteiger partial charge in [0.05, 0.1) is 0 Å². The maximum Gasteiger partial charge on any atom is 0.277 e. The lowest BCUT2D eigenvalue weighted by Crippen LogP contribution is -1.87. The summed E-state index contributed by atoms with van der Waals surface area (Å²) in [4.78, 5) is 0. The Labute approximate surface area is 146 Å². The van der Waals surface area contributed by atoms with Gasteiger partial charge in [0.2, 0.25) is 5.89 Å². The molecule has 0 amide bonds. The van der Waals surface area contributed by atoms with Crippen LogP contribution in [0.25, 0.3) is 11.5 Å². The molecule has 23 heavy (non-hydrogen) atoms. The summed E-state index contributed by atoms with van der Waals surface area (Å²) in [5.41, 5.74) is 3.79. The molecule has 1 aromatic heterocycles. The molecule has 3 nitrogen and oxygen atoms in total. The molecule has 0 aliphatic heterocycles. The molecule has 3 rings (SSSR count). The third kappa shape index (κ3) is 4.00. The Morgan fingerprint density at radius 2 is 1.83 bits per heavy atom. The summed E-state index contributed by atoms with van der Waals surface area (Å²) in [6, 6.07) is 11.1. The summed E-state index contributed by atoms with van der Waals surface area (Å²) in [7, 11) is 0. The van der Waals surface area contributed by atoms with Gasteiger partial charge in [0.25, 0.3) is 5.22 Å². The van der Waals surface area contributed by atoms with E-state index in [0.29, 0.717) is 22.4 Å². The number of thioether (sulfide) groups is 1. The van der Waals surface area contributed by atoms with Gasteiger partial charge in [-0.1, -0.05) is 51.0 Å². The second kappa shape index (κ2) is 6.84. The van der Waals surface area contributed by atoms with Crippen LogP contribution in [0.15, 0.2) is 50.5 Å². The molecule has 0 saturated carbocycles. The predicted molar refractivity (Wildman–Crippen MR) is 92.9 cm³/mol. The zero-order valence-electron chi connectivity index (χ0n) is 12.6. The van der Waals surface area contributed by atoms with Crippen molar-refractivity contribution in [3.8, 4) is 11.5 Å². The Balaban J connectivity index is 1.74. The maximum absolute atomic E-state index is 13.8. The van der Waals surface area contributed by atoms with Gasteiger partial charge in [0.15, 0.2) is 0 Å². The first-order chi connectivity index (χ1) is 11.0. The van der Waals surface area contributed by atoms with Crippen molar-refractivity contribution in [3.05, 3.63) is 63.4 Å². The summed E-state index contributed by atoms with van der Waals surface area (Å²) < 4.78 is 20.2. The Morgan fingerprint density at radius 3 is 2.52 bits per heavy atom. The fraction of sp³-hybridized carbons (Fsp3) is 0.176. The Hall–Kier alpha value is -1.66. The van der Waals surface area contributed by atoms with Gasteiger partial charge in [-0.2, -0.15) is 0 Å². The molecule has 0 aliphatic carbocycles. The topological polar surface area (TPSA) is 38.9 Å². The van der Waals surface area contributed by atoms with E-state index in [1.54, 1.807) is 6.07 Å². The Morgan fingerprint density at radius 1 is 1.09 bits per heavy atom. The molecule has 0 fully saturated rings. The van der Waals surface area contributed by atoms with Crippen molar-refractivity contribution in [3.63, 3.8) is 0 Å². The minimum absolute atomic E-state index is 0.249. The number of benzene rings is 2. The normalized spacial score (nSPS) is 11.0. The minimum Gasteiger partial charge on any atom is -0.411 e. The summed E-state index contributed by atoms with van der Waals surface area (Å²) in [6.07, 6.45) is 0. The zero-order valence-corrected chi connectivity index (χ0v) is 15.0. The smallest absolute Gasteiger partial charge is 0.277 e. The van der Waals surface area contributed by atoms with Gasteiger partial charge in [0.1, 0.15) is 5.82 Å². The third-order valence-corrected chi connectivity index (χ3v) is 4.60. The Bertz CT molecular complexity index is 830. The number of hydrogen-bond acceptors (Lipinski definition) is 4. The summed E-state index contributed by atoms with van der Waals surface area (Å²) in [6.45, 7) is 4.05. The van der Waals surface area contributed by atoms with Crippen molar-refractivity contribution >= 4 is 27.7 Å². The highest BCUT2D eigenvalue weighted by atomic mass is 79.9. The first-order valence-corrected chi connectivity index (χ1v) is 8.78. The lowest BCUT2D eigenvalue weighted by Gasteiger charge is -2.01. The number of aryl methyl sites for hydroxylation is 2. The van der Waals surface area contributed by atoms with Gasteiger partial charge in [-0.25, -0.2) is 4.39 Å². The highest BCUT2D eigenvalue weighted by Crippen LogP contribution is 2.28. The van der Waals surface area contributed by atoms with Crippen LogP contribution in [0.2, 0.25) is 0 Å². The van der Waals surface area contributed by atoms with Crippen LogP contribution in [0.4, 0.5) is 4.39 Å². The van der Waals surface area contributed by atoms with Crippen molar-refractivity contribution in [1.29, 1.82) is 0 Å². The van der Waals surface area contributed by atoms with Crippen molar-refractivity contribution in [2.75, 3.05) is 0 Å². The number of rotatable bonds is 4. The van der Waals surface area contributed by atoms with E-state index in [2.05, 4.69) is 32.2 Å². The molecule has 3 aromatic rings. The highest BCUT2D eigenvalue weighted by Gasteiger charge is 2.11. The van der Waals surface area contributed by atoms with Crippen LogP contribution in [0.3, 0.4) is 0 Å². The fourth-order valence-electron chi connectivity index (χ4n) is 2.26. The van der Waals surface area contributed by atoms with E-state index in [0.717, 1.165) is 21.2 Å². The van der Waals surface area contributed by atoms with E-state index in [1.165, 1.54) is 17.8 Å². The first kappa shape index (κ1) is 16.2. The average molecular weight is 393 g/mol. The minimum atomic E-state index is -0.249. The van der Waals surface area contributed by atoms with Crippen molar-refractivity contribution < 1.29 is 8.81 Å². The van der Waals surface area contributed by atoms with Gasteiger partial charge in [-0.15, -0.1) is 10.2 Å². The van der Waals surface area contributed by atoms with E-state index < -0.39 is 0 Å². The van der Waals surface area contributed by atoms with E-state index in [1.807, 2.05) is 32.0 Å². The van der Waals surface area contributed by atoms with E-state index in [9.17, 15) is 4.39 Å². The number of nitrogens with zero attached hydrogens (tertiary/aromatic N) is 2. The van der Waals surface area contributed by atoms with E-state index in [-0.39, 0.29) is 5.82 Å². The molecule has 118 valence electrons. The molecule has 1 heterocycles. The molecule has 0 atom stereocenters. The summed E-state index contributed by atoms with van der Waals surface area (Å²) >= 11 is 4.57. The van der Waals surface area contributed by atoms with Gasteiger partial charge >= 0.3 is 0 Å². The monoisotopic (exact) mass is 392 g/mol. The molecule has 2 aromatic carbocycles. The molecule has 6 heteroatoms. The predicted octanol–water partition coefficient (Wildman–Crippen LogP) is 5.55.